The van der Waals surface area contributed by atoms with E-state index in [9.17, 15) is 0 Å². The number of aromatic nitrogens is 2. The maximum absolute atomic E-state index is 5.98. The molecular formula is C9H11Cl2N3. The normalized spacial score (nSPS) is 15.1. The molecule has 1 aromatic rings. The van der Waals surface area contributed by atoms with Gasteiger partial charge in [-0.2, -0.15) is 0 Å². The van der Waals surface area contributed by atoms with E-state index in [0.29, 0.717) is 11.2 Å². The zero-order valence-corrected chi connectivity index (χ0v) is 9.60. The second-order valence-electron chi connectivity index (χ2n) is 3.62. The van der Waals surface area contributed by atoms with Crippen molar-refractivity contribution in [3.05, 3.63) is 16.0 Å². The first kappa shape index (κ1) is 9.99. The van der Waals surface area contributed by atoms with E-state index in [4.69, 9.17) is 23.2 Å². The van der Waals surface area contributed by atoms with Gasteiger partial charge in [0.15, 0.2) is 0 Å². The number of hydrogen-bond acceptors (Lipinski definition) is 3. The lowest BCUT2D eigenvalue weighted by Crippen LogP contribution is -2.29. The number of anilines is 1. The third kappa shape index (κ3) is 1.55. The quantitative estimate of drug-likeness (QED) is 0.550. The largest absolute Gasteiger partial charge is 0.353 e. The minimum atomic E-state index is 0.223. The molecule has 0 amide bonds. The average molecular weight is 232 g/mol. The van der Waals surface area contributed by atoms with Gasteiger partial charge in [-0.3, -0.25) is 0 Å². The van der Waals surface area contributed by atoms with Crippen LogP contribution in [0.2, 0.25) is 10.4 Å². The molecule has 0 unspecified atom stereocenters. The number of hydrogen-bond donors (Lipinski definition) is 0. The van der Waals surface area contributed by atoms with Crippen molar-refractivity contribution in [2.24, 2.45) is 0 Å². The second kappa shape index (κ2) is 3.55. The van der Waals surface area contributed by atoms with Crippen molar-refractivity contribution < 1.29 is 0 Å². The molecule has 0 N–H and O–H groups in total. The molecule has 0 aliphatic carbocycles. The standard InChI is InChI=1S/C9H11Cl2N3/c1-5(2)14-4-3-6-7(10)12-9(11)13-8(6)14/h5H,3-4H2,1-2H3. The number of nitrogens with zero attached hydrogens (tertiary/aromatic N) is 3. The number of fused-ring (bicyclic) bond motifs is 1. The van der Waals surface area contributed by atoms with Crippen molar-refractivity contribution in [2.75, 3.05) is 11.4 Å². The fourth-order valence-corrected chi connectivity index (χ4v) is 2.18. The predicted molar refractivity (Wildman–Crippen MR) is 58.2 cm³/mol. The van der Waals surface area contributed by atoms with Crippen molar-refractivity contribution in [2.45, 2.75) is 26.3 Å². The molecule has 5 heteroatoms. The second-order valence-corrected chi connectivity index (χ2v) is 4.32. The minimum Gasteiger partial charge on any atom is -0.353 e. The number of rotatable bonds is 1. The molecule has 3 nitrogen and oxygen atoms in total. The summed E-state index contributed by atoms with van der Waals surface area (Å²) in [6, 6.07) is 0.415. The van der Waals surface area contributed by atoms with Gasteiger partial charge in [0.2, 0.25) is 5.28 Å². The van der Waals surface area contributed by atoms with Crippen LogP contribution < -0.4 is 4.90 Å². The first-order valence-corrected chi connectivity index (χ1v) is 5.33. The molecule has 14 heavy (non-hydrogen) atoms. The molecule has 2 heterocycles. The fourth-order valence-electron chi connectivity index (χ4n) is 1.71. The molecular weight excluding hydrogens is 221 g/mol. The Kier molecular flexibility index (Phi) is 2.54. The lowest BCUT2D eigenvalue weighted by Gasteiger charge is -2.22. The van der Waals surface area contributed by atoms with E-state index in [1.807, 2.05) is 0 Å². The van der Waals surface area contributed by atoms with E-state index in [2.05, 4.69) is 28.7 Å². The van der Waals surface area contributed by atoms with Crippen LogP contribution in [0, 0.1) is 0 Å². The Hall–Kier alpha value is -0.540. The van der Waals surface area contributed by atoms with Crippen LogP contribution >= 0.6 is 23.2 Å². The van der Waals surface area contributed by atoms with E-state index in [1.54, 1.807) is 0 Å². The van der Waals surface area contributed by atoms with Crippen LogP contribution in [0.3, 0.4) is 0 Å². The molecule has 1 aliphatic rings. The van der Waals surface area contributed by atoms with E-state index in [-0.39, 0.29) is 5.28 Å². The predicted octanol–water partition coefficient (Wildman–Crippen LogP) is 2.55. The summed E-state index contributed by atoms with van der Waals surface area (Å²) in [7, 11) is 0. The van der Waals surface area contributed by atoms with Crippen molar-refractivity contribution >= 4 is 29.0 Å². The zero-order valence-electron chi connectivity index (χ0n) is 8.09. The van der Waals surface area contributed by atoms with Gasteiger partial charge in [0, 0.05) is 18.2 Å². The summed E-state index contributed by atoms with van der Waals surface area (Å²) in [5, 5.41) is 0.712. The van der Waals surface area contributed by atoms with E-state index in [0.717, 1.165) is 24.3 Å². The van der Waals surface area contributed by atoms with Gasteiger partial charge in [-0.15, -0.1) is 0 Å². The molecule has 0 spiro atoms. The fraction of sp³-hybridized carbons (Fsp3) is 0.556. The Labute approximate surface area is 93.1 Å². The van der Waals surface area contributed by atoms with E-state index < -0.39 is 0 Å². The van der Waals surface area contributed by atoms with Gasteiger partial charge in [-0.1, -0.05) is 11.6 Å². The molecule has 0 atom stereocenters. The van der Waals surface area contributed by atoms with Gasteiger partial charge < -0.3 is 4.90 Å². The summed E-state index contributed by atoms with van der Waals surface area (Å²) in [6.45, 7) is 5.19. The smallest absolute Gasteiger partial charge is 0.225 e. The van der Waals surface area contributed by atoms with Crippen LogP contribution in [0.25, 0.3) is 0 Å². The third-order valence-electron chi connectivity index (χ3n) is 2.41. The van der Waals surface area contributed by atoms with Gasteiger partial charge in [-0.05, 0) is 31.9 Å². The molecule has 0 radical (unpaired) electrons. The van der Waals surface area contributed by atoms with Crippen LogP contribution in [-0.4, -0.2) is 22.6 Å². The lowest BCUT2D eigenvalue weighted by atomic mass is 10.3. The topological polar surface area (TPSA) is 29.0 Å². The van der Waals surface area contributed by atoms with Crippen LogP contribution in [-0.2, 0) is 6.42 Å². The maximum Gasteiger partial charge on any atom is 0.225 e. The summed E-state index contributed by atoms with van der Waals surface area (Å²) < 4.78 is 0. The SMILES string of the molecule is CC(C)N1CCc2c(Cl)nc(Cl)nc21. The van der Waals surface area contributed by atoms with Gasteiger partial charge in [0.25, 0.3) is 0 Å². The van der Waals surface area contributed by atoms with Gasteiger partial charge in [-0.25, -0.2) is 9.97 Å². The van der Waals surface area contributed by atoms with Crippen molar-refractivity contribution in [3.63, 3.8) is 0 Å². The monoisotopic (exact) mass is 231 g/mol. The van der Waals surface area contributed by atoms with E-state index >= 15 is 0 Å². The highest BCUT2D eigenvalue weighted by atomic mass is 35.5. The highest BCUT2D eigenvalue weighted by Gasteiger charge is 2.26. The van der Waals surface area contributed by atoms with Gasteiger partial charge in [0.1, 0.15) is 11.0 Å². The highest BCUT2D eigenvalue weighted by molar-refractivity contribution is 6.32. The molecule has 1 aliphatic heterocycles. The van der Waals surface area contributed by atoms with Crippen LogP contribution in [0.4, 0.5) is 5.82 Å². The number of halogens is 2. The Morgan fingerprint density at radius 2 is 2.00 bits per heavy atom. The lowest BCUT2D eigenvalue weighted by molar-refractivity contribution is 0.703. The summed E-state index contributed by atoms with van der Waals surface area (Å²) in [5.41, 5.74) is 1.02. The third-order valence-corrected chi connectivity index (χ3v) is 2.89. The van der Waals surface area contributed by atoms with Crippen LogP contribution in [0.1, 0.15) is 19.4 Å². The summed E-state index contributed by atoms with van der Waals surface area (Å²) in [5.74, 6) is 0.894. The molecule has 0 saturated heterocycles. The Morgan fingerprint density at radius 1 is 1.29 bits per heavy atom. The molecule has 0 aromatic carbocycles. The zero-order chi connectivity index (χ0) is 10.3. The molecule has 0 saturated carbocycles. The molecule has 76 valence electrons. The Morgan fingerprint density at radius 3 is 2.64 bits per heavy atom. The van der Waals surface area contributed by atoms with Gasteiger partial charge >= 0.3 is 0 Å². The first-order chi connectivity index (χ1) is 6.59. The van der Waals surface area contributed by atoms with Crippen molar-refractivity contribution in [1.29, 1.82) is 0 Å². The molecule has 2 rings (SSSR count). The molecule has 0 fully saturated rings. The summed E-state index contributed by atoms with van der Waals surface area (Å²) in [4.78, 5) is 10.3. The van der Waals surface area contributed by atoms with Crippen LogP contribution in [0.15, 0.2) is 0 Å². The first-order valence-electron chi connectivity index (χ1n) is 4.58. The molecule has 1 aromatic heterocycles. The molecule has 0 bridgehead atoms. The average Bonchev–Trinajstić information content (AvgIpc) is 2.47. The highest BCUT2D eigenvalue weighted by Crippen LogP contribution is 2.32. The summed E-state index contributed by atoms with van der Waals surface area (Å²) >= 11 is 11.7. The van der Waals surface area contributed by atoms with Gasteiger partial charge in [0.05, 0.1) is 0 Å². The Balaban J connectivity index is 2.49. The summed E-state index contributed by atoms with van der Waals surface area (Å²) in [6.07, 6.45) is 0.906. The minimum absolute atomic E-state index is 0.223. The van der Waals surface area contributed by atoms with E-state index in [1.165, 1.54) is 0 Å². The van der Waals surface area contributed by atoms with Crippen LogP contribution in [0.5, 0.6) is 0 Å². The van der Waals surface area contributed by atoms with Crippen molar-refractivity contribution in [1.82, 2.24) is 9.97 Å². The Bertz CT molecular complexity index is 365. The maximum atomic E-state index is 5.98. The van der Waals surface area contributed by atoms with Crippen molar-refractivity contribution in [3.8, 4) is 0 Å².